The molecule has 7 rings (SSSR count). The summed E-state index contributed by atoms with van der Waals surface area (Å²) in [5, 5.41) is 10.3. The third-order valence-electron chi connectivity index (χ3n) is 9.24. The molecule has 2 saturated heterocycles. The van der Waals surface area contributed by atoms with E-state index in [4.69, 9.17) is 4.74 Å². The molecule has 1 saturated carbocycles. The topological polar surface area (TPSA) is 104 Å². The maximum atomic E-state index is 14.1. The van der Waals surface area contributed by atoms with E-state index in [1.54, 1.807) is 60.7 Å². The highest BCUT2D eigenvalue weighted by Crippen LogP contribution is 2.58. The van der Waals surface area contributed by atoms with Gasteiger partial charge in [0.05, 0.1) is 42.2 Å². The highest BCUT2D eigenvalue weighted by atomic mass is 16.5. The second-order valence-electron chi connectivity index (χ2n) is 11.2. The zero-order valence-corrected chi connectivity index (χ0v) is 22.3. The SMILES string of the molecule is COc1cc(C2C3=CCC4C(=O)N(c5ccccc5)C(=O)C4C3CC3C(=O)N(c4ccccc4)C(=O)C32)ccc1O. The fourth-order valence-corrected chi connectivity index (χ4v) is 7.51. The molecule has 0 aromatic heterocycles. The minimum Gasteiger partial charge on any atom is -0.504 e. The highest BCUT2D eigenvalue weighted by Gasteiger charge is 2.62. The van der Waals surface area contributed by atoms with E-state index in [1.165, 1.54) is 23.0 Å². The molecule has 41 heavy (non-hydrogen) atoms. The fraction of sp³-hybridized carbons (Fsp3) is 0.273. The Labute approximate surface area is 236 Å². The van der Waals surface area contributed by atoms with Gasteiger partial charge in [-0.25, -0.2) is 0 Å². The van der Waals surface area contributed by atoms with Crippen molar-refractivity contribution in [2.75, 3.05) is 16.9 Å². The van der Waals surface area contributed by atoms with Crippen LogP contribution in [0.3, 0.4) is 0 Å². The lowest BCUT2D eigenvalue weighted by Gasteiger charge is -2.44. The van der Waals surface area contributed by atoms with Gasteiger partial charge in [-0.15, -0.1) is 0 Å². The number of benzene rings is 3. The monoisotopic (exact) mass is 548 g/mol. The number of carbonyl (C=O) groups is 4. The number of para-hydroxylation sites is 2. The molecular weight excluding hydrogens is 520 g/mol. The normalized spacial score (nSPS) is 28.8. The van der Waals surface area contributed by atoms with Gasteiger partial charge in [-0.3, -0.25) is 29.0 Å². The van der Waals surface area contributed by atoms with Crippen LogP contribution in [-0.2, 0) is 19.2 Å². The third-order valence-corrected chi connectivity index (χ3v) is 9.24. The Hall–Kier alpha value is -4.72. The zero-order valence-electron chi connectivity index (χ0n) is 22.3. The third kappa shape index (κ3) is 3.66. The van der Waals surface area contributed by atoms with Crippen molar-refractivity contribution < 1.29 is 29.0 Å². The van der Waals surface area contributed by atoms with E-state index >= 15 is 0 Å². The Balaban J connectivity index is 1.35. The standard InChI is InChI=1S/C33H28N2O6/c1-41-26-16-18(12-15-25(26)36)27-21-13-14-22-28(32(39)34(30(22)37)19-8-4-2-5-9-19)23(21)17-24-29(27)33(40)35(31(24)38)20-10-6-3-7-11-20/h2-13,15-16,22-24,27-29,36H,14,17H2,1H3. The first kappa shape index (κ1) is 25.3. The number of allylic oxidation sites excluding steroid dienone is 2. The van der Waals surface area contributed by atoms with E-state index in [0.717, 1.165) is 11.1 Å². The van der Waals surface area contributed by atoms with Crippen LogP contribution < -0.4 is 14.5 Å². The van der Waals surface area contributed by atoms with Crippen LogP contribution in [0, 0.1) is 29.6 Å². The number of aromatic hydroxyl groups is 1. The van der Waals surface area contributed by atoms with Crippen molar-refractivity contribution in [1.29, 1.82) is 0 Å². The molecule has 2 heterocycles. The van der Waals surface area contributed by atoms with E-state index in [1.807, 2.05) is 18.2 Å². The molecule has 0 bridgehead atoms. The van der Waals surface area contributed by atoms with Crippen molar-refractivity contribution in [3.8, 4) is 11.5 Å². The summed E-state index contributed by atoms with van der Waals surface area (Å²) in [5.41, 5.74) is 2.66. The van der Waals surface area contributed by atoms with Crippen LogP contribution in [0.1, 0.15) is 24.3 Å². The summed E-state index contributed by atoms with van der Waals surface area (Å²) in [7, 11) is 1.46. The summed E-state index contributed by atoms with van der Waals surface area (Å²) in [6.07, 6.45) is 2.69. The molecule has 3 aromatic carbocycles. The number of carbonyl (C=O) groups excluding carboxylic acids is 4. The number of anilines is 2. The van der Waals surface area contributed by atoms with Crippen LogP contribution in [-0.4, -0.2) is 35.8 Å². The Morgan fingerprint density at radius 1 is 0.707 bits per heavy atom. The van der Waals surface area contributed by atoms with Crippen LogP contribution in [0.25, 0.3) is 0 Å². The number of imide groups is 2. The number of fused-ring (bicyclic) bond motifs is 4. The van der Waals surface area contributed by atoms with Crippen molar-refractivity contribution in [3.63, 3.8) is 0 Å². The van der Waals surface area contributed by atoms with E-state index in [9.17, 15) is 24.3 Å². The number of phenols is 1. The quantitative estimate of drug-likeness (QED) is 0.382. The molecule has 2 aliphatic carbocycles. The van der Waals surface area contributed by atoms with Crippen LogP contribution in [0.5, 0.6) is 11.5 Å². The van der Waals surface area contributed by atoms with Crippen molar-refractivity contribution in [3.05, 3.63) is 96.1 Å². The predicted molar refractivity (Wildman–Crippen MR) is 150 cm³/mol. The van der Waals surface area contributed by atoms with Gasteiger partial charge in [-0.2, -0.15) is 0 Å². The first-order valence-electron chi connectivity index (χ1n) is 13.8. The molecule has 206 valence electrons. The van der Waals surface area contributed by atoms with Gasteiger partial charge in [0, 0.05) is 5.92 Å². The summed E-state index contributed by atoms with van der Waals surface area (Å²) in [6, 6.07) is 22.8. The summed E-state index contributed by atoms with van der Waals surface area (Å²) in [6.45, 7) is 0. The Bertz CT molecular complexity index is 1620. The smallest absolute Gasteiger partial charge is 0.238 e. The Kier molecular flexibility index (Phi) is 5.81. The second kappa shape index (κ2) is 9.44. The number of rotatable bonds is 4. The van der Waals surface area contributed by atoms with Gasteiger partial charge in [0.2, 0.25) is 23.6 Å². The molecule has 2 aliphatic heterocycles. The Morgan fingerprint density at radius 3 is 1.90 bits per heavy atom. The van der Waals surface area contributed by atoms with Gasteiger partial charge in [-0.1, -0.05) is 54.1 Å². The maximum absolute atomic E-state index is 14.1. The van der Waals surface area contributed by atoms with Crippen molar-refractivity contribution >= 4 is 35.0 Å². The van der Waals surface area contributed by atoms with Crippen LogP contribution in [0.2, 0.25) is 0 Å². The number of amides is 4. The molecule has 0 radical (unpaired) electrons. The molecule has 4 amide bonds. The second-order valence-corrected chi connectivity index (χ2v) is 11.2. The van der Waals surface area contributed by atoms with Crippen molar-refractivity contribution in [1.82, 2.24) is 0 Å². The molecule has 8 nitrogen and oxygen atoms in total. The Morgan fingerprint density at radius 2 is 1.29 bits per heavy atom. The number of methoxy groups -OCH3 is 1. The largest absolute Gasteiger partial charge is 0.504 e. The molecule has 6 unspecified atom stereocenters. The number of nitrogens with zero attached hydrogens (tertiary/aromatic N) is 2. The number of hydrogen-bond acceptors (Lipinski definition) is 6. The minimum atomic E-state index is -0.687. The van der Waals surface area contributed by atoms with Crippen LogP contribution in [0.15, 0.2) is 90.5 Å². The lowest BCUT2D eigenvalue weighted by Crippen LogP contribution is -2.43. The number of phenolic OH excluding ortho intramolecular Hbond substituents is 1. The van der Waals surface area contributed by atoms with Gasteiger partial charge in [0.25, 0.3) is 0 Å². The summed E-state index contributed by atoms with van der Waals surface area (Å²) >= 11 is 0. The lowest BCUT2D eigenvalue weighted by atomic mass is 9.57. The molecule has 4 aliphatic rings. The minimum absolute atomic E-state index is 0.0346. The molecule has 3 aromatic rings. The number of ether oxygens (including phenoxy) is 1. The fourth-order valence-electron chi connectivity index (χ4n) is 7.51. The molecule has 1 N–H and O–H groups in total. The zero-order chi connectivity index (χ0) is 28.4. The predicted octanol–water partition coefficient (Wildman–Crippen LogP) is 4.45. The summed E-state index contributed by atoms with van der Waals surface area (Å²) < 4.78 is 5.39. The average molecular weight is 549 g/mol. The van der Waals surface area contributed by atoms with Crippen LogP contribution in [0.4, 0.5) is 11.4 Å². The first-order chi connectivity index (χ1) is 19.9. The van der Waals surface area contributed by atoms with E-state index in [-0.39, 0.29) is 35.1 Å². The summed E-state index contributed by atoms with van der Waals surface area (Å²) in [5.74, 6) is -4.27. The van der Waals surface area contributed by atoms with Gasteiger partial charge in [0.15, 0.2) is 11.5 Å². The molecular formula is C33H28N2O6. The van der Waals surface area contributed by atoms with Gasteiger partial charge in [-0.05, 0) is 60.7 Å². The maximum Gasteiger partial charge on any atom is 0.238 e. The van der Waals surface area contributed by atoms with E-state index in [0.29, 0.717) is 24.2 Å². The van der Waals surface area contributed by atoms with Crippen molar-refractivity contribution in [2.45, 2.75) is 18.8 Å². The molecule has 0 spiro atoms. The molecule has 8 heteroatoms. The van der Waals surface area contributed by atoms with Gasteiger partial charge in [0.1, 0.15) is 0 Å². The van der Waals surface area contributed by atoms with E-state index in [2.05, 4.69) is 0 Å². The molecule has 3 fully saturated rings. The van der Waals surface area contributed by atoms with Crippen LogP contribution >= 0.6 is 0 Å². The lowest BCUT2D eigenvalue weighted by molar-refractivity contribution is -0.126. The van der Waals surface area contributed by atoms with Gasteiger partial charge >= 0.3 is 0 Å². The molecule has 6 atom stereocenters. The average Bonchev–Trinajstić information content (AvgIpc) is 3.41. The number of hydrogen-bond donors (Lipinski definition) is 1. The van der Waals surface area contributed by atoms with Crippen molar-refractivity contribution in [2.24, 2.45) is 29.6 Å². The van der Waals surface area contributed by atoms with Gasteiger partial charge < -0.3 is 9.84 Å². The summed E-state index contributed by atoms with van der Waals surface area (Å²) in [4.78, 5) is 58.2. The van der Waals surface area contributed by atoms with E-state index < -0.39 is 35.5 Å². The highest BCUT2D eigenvalue weighted by molar-refractivity contribution is 6.24. The first-order valence-corrected chi connectivity index (χ1v) is 13.8.